The molecule has 0 bridgehead atoms. The van der Waals surface area contributed by atoms with E-state index in [1.165, 1.54) is 23.9 Å². The summed E-state index contributed by atoms with van der Waals surface area (Å²) in [5.41, 5.74) is 0. The third-order valence-corrected chi connectivity index (χ3v) is 7.30. The second-order valence-corrected chi connectivity index (χ2v) is 9.09. The number of carbonyl (C=O) groups is 1. The van der Waals surface area contributed by atoms with Gasteiger partial charge in [-0.15, -0.1) is 4.40 Å². The van der Waals surface area contributed by atoms with Crippen LogP contribution in [-0.2, 0) is 14.8 Å². The van der Waals surface area contributed by atoms with Gasteiger partial charge < -0.3 is 0 Å². The predicted octanol–water partition coefficient (Wildman–Crippen LogP) is 3.56. The maximum atomic E-state index is 13.0. The summed E-state index contributed by atoms with van der Waals surface area (Å²) in [6.45, 7) is 1.91. The molecule has 1 saturated heterocycles. The van der Waals surface area contributed by atoms with Crippen molar-refractivity contribution >= 4 is 32.9 Å². The van der Waals surface area contributed by atoms with Crippen molar-refractivity contribution < 1.29 is 17.6 Å². The second-order valence-electron chi connectivity index (χ2n) is 6.32. The minimum absolute atomic E-state index is 0.0208. The molecule has 1 unspecified atom stereocenters. The molecule has 0 spiro atoms. The minimum atomic E-state index is -3.98. The first-order valence-corrected chi connectivity index (χ1v) is 10.8. The Labute approximate surface area is 151 Å². The summed E-state index contributed by atoms with van der Waals surface area (Å²) in [4.78, 5) is 14.2. The van der Waals surface area contributed by atoms with Crippen LogP contribution >= 0.6 is 11.8 Å². The third kappa shape index (κ3) is 3.89. The Morgan fingerprint density at radius 2 is 1.84 bits per heavy atom. The van der Waals surface area contributed by atoms with Gasteiger partial charge in [-0.3, -0.25) is 9.69 Å². The van der Waals surface area contributed by atoms with Gasteiger partial charge >= 0.3 is 0 Å². The Hall–Kier alpha value is -1.41. The molecule has 5 nitrogen and oxygen atoms in total. The summed E-state index contributed by atoms with van der Waals surface area (Å²) in [7, 11) is -3.98. The van der Waals surface area contributed by atoms with E-state index in [9.17, 15) is 17.6 Å². The molecule has 136 valence electrons. The molecular formula is C17H21FN2O3S2. The largest absolute Gasteiger partial charge is 0.287 e. The third-order valence-electron chi connectivity index (χ3n) is 4.59. The van der Waals surface area contributed by atoms with Crippen molar-refractivity contribution in [3.63, 3.8) is 0 Å². The molecule has 0 radical (unpaired) electrons. The van der Waals surface area contributed by atoms with Crippen LogP contribution in [0.1, 0.15) is 45.4 Å². The van der Waals surface area contributed by atoms with Gasteiger partial charge in [-0.2, -0.15) is 8.42 Å². The lowest BCUT2D eigenvalue weighted by atomic mass is 9.94. The number of thioether (sulfide) groups is 1. The Balaban J connectivity index is 1.95. The molecule has 3 rings (SSSR count). The van der Waals surface area contributed by atoms with Crippen molar-refractivity contribution in [2.24, 2.45) is 4.40 Å². The topological polar surface area (TPSA) is 66.8 Å². The first-order chi connectivity index (χ1) is 11.9. The molecule has 8 heteroatoms. The zero-order chi connectivity index (χ0) is 18.0. The van der Waals surface area contributed by atoms with Gasteiger partial charge in [-0.25, -0.2) is 4.39 Å². The Bertz CT molecular complexity index is 772. The quantitative estimate of drug-likeness (QED) is 0.796. The lowest BCUT2D eigenvalue weighted by molar-refractivity contribution is -0.128. The standard InChI is InChI=1S/C17H21FN2O3S2/c1-2-15-16(21)20(13-6-4-3-5-7-13)17(24-15)19-25(22,23)14-10-8-12(18)9-11-14/h8-11,13,15H,2-7H2,1H3. The van der Waals surface area contributed by atoms with E-state index in [1.54, 1.807) is 4.90 Å². The predicted molar refractivity (Wildman–Crippen MR) is 96.4 cm³/mol. The smallest absolute Gasteiger partial charge is 0.284 e. The maximum Gasteiger partial charge on any atom is 0.284 e. The number of halogens is 1. The summed E-state index contributed by atoms with van der Waals surface area (Å²) >= 11 is 1.22. The number of benzene rings is 1. The van der Waals surface area contributed by atoms with Crippen molar-refractivity contribution in [1.82, 2.24) is 4.90 Å². The molecule has 2 aliphatic rings. The molecule has 1 saturated carbocycles. The number of rotatable bonds is 4. The highest BCUT2D eigenvalue weighted by molar-refractivity contribution is 8.16. The van der Waals surface area contributed by atoms with E-state index in [0.717, 1.165) is 44.2 Å². The Kier molecular flexibility index (Phi) is 5.48. The summed E-state index contributed by atoms with van der Waals surface area (Å²) in [5.74, 6) is -0.556. The number of sulfonamides is 1. The molecular weight excluding hydrogens is 363 g/mol. The number of hydrogen-bond acceptors (Lipinski definition) is 4. The van der Waals surface area contributed by atoms with Gasteiger partial charge in [0, 0.05) is 6.04 Å². The van der Waals surface area contributed by atoms with Crippen LogP contribution in [0.25, 0.3) is 0 Å². The second kappa shape index (κ2) is 7.45. The van der Waals surface area contributed by atoms with Crippen LogP contribution in [0.3, 0.4) is 0 Å². The summed E-state index contributed by atoms with van der Waals surface area (Å²) in [6.07, 6.45) is 5.59. The molecule has 1 amide bonds. The fourth-order valence-corrected chi connectivity index (χ4v) is 5.58. The molecule has 1 aromatic carbocycles. The van der Waals surface area contributed by atoms with Crippen LogP contribution in [0.15, 0.2) is 33.6 Å². The number of hydrogen-bond donors (Lipinski definition) is 0. The van der Waals surface area contributed by atoms with E-state index in [1.807, 2.05) is 6.92 Å². The SMILES string of the molecule is CCC1SC(=NS(=O)(=O)c2ccc(F)cc2)N(C2CCCCC2)C1=O. The number of amides is 1. The Morgan fingerprint density at radius 3 is 2.44 bits per heavy atom. The summed E-state index contributed by atoms with van der Waals surface area (Å²) < 4.78 is 42.1. The van der Waals surface area contributed by atoms with Gasteiger partial charge in [0.25, 0.3) is 10.0 Å². The van der Waals surface area contributed by atoms with Gasteiger partial charge in [-0.1, -0.05) is 37.9 Å². The van der Waals surface area contributed by atoms with Crippen molar-refractivity contribution in [3.05, 3.63) is 30.1 Å². The lowest BCUT2D eigenvalue weighted by Crippen LogP contribution is -2.42. The molecule has 1 heterocycles. The van der Waals surface area contributed by atoms with Gasteiger partial charge in [0.2, 0.25) is 5.91 Å². The zero-order valence-electron chi connectivity index (χ0n) is 14.0. The molecule has 2 fully saturated rings. The molecule has 1 aliphatic heterocycles. The maximum absolute atomic E-state index is 13.0. The molecule has 0 N–H and O–H groups in total. The van der Waals surface area contributed by atoms with E-state index in [2.05, 4.69) is 4.40 Å². The van der Waals surface area contributed by atoms with E-state index in [4.69, 9.17) is 0 Å². The van der Waals surface area contributed by atoms with E-state index < -0.39 is 15.8 Å². The van der Waals surface area contributed by atoms with Crippen LogP contribution in [0.4, 0.5) is 4.39 Å². The normalized spacial score (nSPS) is 24.2. The van der Waals surface area contributed by atoms with Gasteiger partial charge in [-0.05, 0) is 43.5 Å². The van der Waals surface area contributed by atoms with Gasteiger partial charge in [0.05, 0.1) is 10.1 Å². The monoisotopic (exact) mass is 384 g/mol. The fourth-order valence-electron chi connectivity index (χ4n) is 3.24. The van der Waals surface area contributed by atoms with Crippen LogP contribution in [0, 0.1) is 5.82 Å². The van der Waals surface area contributed by atoms with Crippen LogP contribution < -0.4 is 0 Å². The van der Waals surface area contributed by atoms with Crippen LogP contribution in [0.5, 0.6) is 0 Å². The fraction of sp³-hybridized carbons (Fsp3) is 0.529. The lowest BCUT2D eigenvalue weighted by Gasteiger charge is -2.30. The number of amidine groups is 1. The Morgan fingerprint density at radius 1 is 1.20 bits per heavy atom. The first kappa shape index (κ1) is 18.4. The molecule has 1 aliphatic carbocycles. The number of nitrogens with zero attached hydrogens (tertiary/aromatic N) is 2. The summed E-state index contributed by atoms with van der Waals surface area (Å²) in [6, 6.07) is 4.59. The van der Waals surface area contributed by atoms with Gasteiger partial charge in [0.1, 0.15) is 5.82 Å². The molecule has 1 aromatic rings. The first-order valence-electron chi connectivity index (χ1n) is 8.52. The van der Waals surface area contributed by atoms with E-state index in [-0.39, 0.29) is 27.3 Å². The average Bonchev–Trinajstić information content (AvgIpc) is 2.90. The highest BCUT2D eigenvalue weighted by Crippen LogP contribution is 2.36. The van der Waals surface area contributed by atoms with Crippen molar-refractivity contribution in [1.29, 1.82) is 0 Å². The zero-order valence-corrected chi connectivity index (χ0v) is 15.7. The minimum Gasteiger partial charge on any atom is -0.287 e. The average molecular weight is 384 g/mol. The molecule has 1 atom stereocenters. The molecule has 25 heavy (non-hydrogen) atoms. The van der Waals surface area contributed by atoms with Gasteiger partial charge in [0.15, 0.2) is 5.17 Å². The van der Waals surface area contributed by atoms with Crippen molar-refractivity contribution in [3.8, 4) is 0 Å². The number of carbonyl (C=O) groups excluding carboxylic acids is 1. The van der Waals surface area contributed by atoms with Crippen molar-refractivity contribution in [2.75, 3.05) is 0 Å². The highest BCUT2D eigenvalue weighted by atomic mass is 32.2. The van der Waals surface area contributed by atoms with Crippen LogP contribution in [0.2, 0.25) is 0 Å². The van der Waals surface area contributed by atoms with E-state index in [0.29, 0.717) is 6.42 Å². The molecule has 0 aromatic heterocycles. The van der Waals surface area contributed by atoms with Crippen molar-refractivity contribution in [2.45, 2.75) is 61.6 Å². The summed E-state index contributed by atoms with van der Waals surface area (Å²) in [5, 5.41) is -0.0304. The van der Waals surface area contributed by atoms with Crippen LogP contribution in [-0.4, -0.2) is 35.7 Å². The van der Waals surface area contributed by atoms with E-state index >= 15 is 0 Å². The highest BCUT2D eigenvalue weighted by Gasteiger charge is 2.42.